The van der Waals surface area contributed by atoms with Gasteiger partial charge in [-0.15, -0.1) is 0 Å². The summed E-state index contributed by atoms with van der Waals surface area (Å²) in [5.41, 5.74) is 2.36. The van der Waals surface area contributed by atoms with Crippen molar-refractivity contribution in [2.45, 2.75) is 38.6 Å². The van der Waals surface area contributed by atoms with E-state index in [1.807, 2.05) is 6.92 Å². The van der Waals surface area contributed by atoms with Crippen molar-refractivity contribution in [3.8, 4) is 11.5 Å². The average Bonchev–Trinajstić information content (AvgIpc) is 2.41. The predicted octanol–water partition coefficient (Wildman–Crippen LogP) is 2.70. The minimum Gasteiger partial charge on any atom is -0.496 e. The molecule has 1 fully saturated rings. The van der Waals surface area contributed by atoms with E-state index in [4.69, 9.17) is 9.47 Å². The van der Waals surface area contributed by atoms with Crippen molar-refractivity contribution in [3.05, 3.63) is 23.3 Å². The Morgan fingerprint density at radius 3 is 2.56 bits per heavy atom. The Morgan fingerprint density at radius 1 is 1.17 bits per heavy atom. The predicted molar refractivity (Wildman–Crippen MR) is 73.6 cm³/mol. The number of hydrogen-bond donors (Lipinski definition) is 1. The first-order valence-corrected chi connectivity index (χ1v) is 6.69. The van der Waals surface area contributed by atoms with E-state index in [0.29, 0.717) is 6.04 Å². The van der Waals surface area contributed by atoms with Gasteiger partial charge in [-0.25, -0.2) is 0 Å². The Morgan fingerprint density at radius 2 is 1.94 bits per heavy atom. The molecule has 0 radical (unpaired) electrons. The first-order chi connectivity index (χ1) is 8.74. The van der Waals surface area contributed by atoms with Gasteiger partial charge in [0.25, 0.3) is 0 Å². The Kier molecular flexibility index (Phi) is 4.48. The summed E-state index contributed by atoms with van der Waals surface area (Å²) in [5.74, 6) is 1.92. The van der Waals surface area contributed by atoms with Gasteiger partial charge >= 0.3 is 0 Å². The van der Waals surface area contributed by atoms with E-state index < -0.39 is 0 Å². The number of rotatable bonds is 4. The van der Waals surface area contributed by atoms with Crippen LogP contribution in [0.15, 0.2) is 12.1 Å². The SMILES string of the molecule is COc1cc(CC2CCCCN2)c(OC)cc1C. The van der Waals surface area contributed by atoms with Crippen molar-refractivity contribution in [1.29, 1.82) is 0 Å². The zero-order chi connectivity index (χ0) is 13.0. The van der Waals surface area contributed by atoms with Crippen LogP contribution in [-0.4, -0.2) is 26.8 Å². The maximum absolute atomic E-state index is 5.48. The monoisotopic (exact) mass is 249 g/mol. The van der Waals surface area contributed by atoms with Gasteiger partial charge in [-0.1, -0.05) is 6.42 Å². The third-order valence-electron chi connectivity index (χ3n) is 3.68. The molecule has 1 heterocycles. The average molecular weight is 249 g/mol. The van der Waals surface area contributed by atoms with E-state index in [9.17, 15) is 0 Å². The van der Waals surface area contributed by atoms with Crippen LogP contribution in [-0.2, 0) is 6.42 Å². The zero-order valence-corrected chi connectivity index (χ0v) is 11.6. The number of benzene rings is 1. The van der Waals surface area contributed by atoms with Gasteiger partial charge in [-0.05, 0) is 56.0 Å². The van der Waals surface area contributed by atoms with Crippen molar-refractivity contribution in [2.24, 2.45) is 0 Å². The van der Waals surface area contributed by atoms with Crippen LogP contribution in [0.5, 0.6) is 11.5 Å². The number of piperidine rings is 1. The molecule has 1 saturated heterocycles. The van der Waals surface area contributed by atoms with Gasteiger partial charge < -0.3 is 14.8 Å². The molecule has 0 amide bonds. The van der Waals surface area contributed by atoms with Crippen LogP contribution >= 0.6 is 0 Å². The van der Waals surface area contributed by atoms with Crippen LogP contribution in [0.4, 0.5) is 0 Å². The molecule has 1 aliphatic rings. The standard InChI is InChI=1S/C15H23NO2/c1-11-8-15(18-3)12(10-14(11)17-2)9-13-6-4-5-7-16-13/h8,10,13,16H,4-7,9H2,1-3H3. The number of hydrogen-bond acceptors (Lipinski definition) is 3. The molecule has 18 heavy (non-hydrogen) atoms. The molecule has 1 aromatic rings. The third-order valence-corrected chi connectivity index (χ3v) is 3.68. The van der Waals surface area contributed by atoms with Crippen LogP contribution in [0, 0.1) is 6.92 Å². The van der Waals surface area contributed by atoms with Crippen LogP contribution in [0.2, 0.25) is 0 Å². The minimum absolute atomic E-state index is 0.570. The lowest BCUT2D eigenvalue weighted by Crippen LogP contribution is -2.35. The molecular formula is C15H23NO2. The van der Waals surface area contributed by atoms with Crippen molar-refractivity contribution < 1.29 is 9.47 Å². The maximum Gasteiger partial charge on any atom is 0.122 e. The highest BCUT2D eigenvalue weighted by molar-refractivity contribution is 5.46. The quantitative estimate of drug-likeness (QED) is 0.890. The molecule has 2 rings (SSSR count). The molecule has 100 valence electrons. The number of methoxy groups -OCH3 is 2. The van der Waals surface area contributed by atoms with Gasteiger partial charge in [-0.2, -0.15) is 0 Å². The molecule has 1 N–H and O–H groups in total. The van der Waals surface area contributed by atoms with E-state index in [0.717, 1.165) is 30.0 Å². The Balaban J connectivity index is 2.18. The Labute approximate surface area is 109 Å². The second-order valence-corrected chi connectivity index (χ2v) is 4.98. The lowest BCUT2D eigenvalue weighted by Gasteiger charge is -2.24. The lowest BCUT2D eigenvalue weighted by atomic mass is 9.96. The van der Waals surface area contributed by atoms with Gasteiger partial charge in [0.1, 0.15) is 11.5 Å². The van der Waals surface area contributed by atoms with Gasteiger partial charge in [0.05, 0.1) is 14.2 Å². The van der Waals surface area contributed by atoms with Crippen molar-refractivity contribution in [1.82, 2.24) is 5.32 Å². The smallest absolute Gasteiger partial charge is 0.122 e. The van der Waals surface area contributed by atoms with Crippen LogP contribution in [0.3, 0.4) is 0 Å². The van der Waals surface area contributed by atoms with E-state index >= 15 is 0 Å². The van der Waals surface area contributed by atoms with Crippen molar-refractivity contribution in [3.63, 3.8) is 0 Å². The normalized spacial score (nSPS) is 19.6. The molecule has 3 heteroatoms. The molecule has 3 nitrogen and oxygen atoms in total. The second kappa shape index (κ2) is 6.10. The highest BCUT2D eigenvalue weighted by Crippen LogP contribution is 2.29. The minimum atomic E-state index is 0.570. The third kappa shape index (κ3) is 2.96. The number of nitrogens with one attached hydrogen (secondary N) is 1. The fourth-order valence-electron chi connectivity index (χ4n) is 2.64. The molecule has 0 aliphatic carbocycles. The summed E-state index contributed by atoms with van der Waals surface area (Å²) >= 11 is 0. The van der Waals surface area contributed by atoms with Crippen molar-refractivity contribution >= 4 is 0 Å². The van der Waals surface area contributed by atoms with Crippen LogP contribution < -0.4 is 14.8 Å². The Bertz CT molecular complexity index is 398. The summed E-state index contributed by atoms with van der Waals surface area (Å²) in [6.07, 6.45) is 4.88. The van der Waals surface area contributed by atoms with Gasteiger partial charge in [-0.3, -0.25) is 0 Å². The molecule has 1 aromatic carbocycles. The fraction of sp³-hybridized carbons (Fsp3) is 0.600. The first kappa shape index (κ1) is 13.2. The summed E-state index contributed by atoms with van der Waals surface area (Å²) in [5, 5.41) is 3.57. The van der Waals surface area contributed by atoms with E-state index in [-0.39, 0.29) is 0 Å². The fourth-order valence-corrected chi connectivity index (χ4v) is 2.64. The summed E-state index contributed by atoms with van der Waals surface area (Å²) in [6.45, 7) is 3.18. The van der Waals surface area contributed by atoms with Crippen LogP contribution in [0.25, 0.3) is 0 Å². The summed E-state index contributed by atoms with van der Waals surface area (Å²) in [6, 6.07) is 4.75. The highest BCUT2D eigenvalue weighted by atomic mass is 16.5. The van der Waals surface area contributed by atoms with Crippen LogP contribution in [0.1, 0.15) is 30.4 Å². The van der Waals surface area contributed by atoms with E-state index in [2.05, 4.69) is 17.4 Å². The lowest BCUT2D eigenvalue weighted by molar-refractivity contribution is 0.376. The maximum atomic E-state index is 5.48. The molecule has 0 saturated carbocycles. The number of aryl methyl sites for hydroxylation is 1. The molecule has 1 aliphatic heterocycles. The first-order valence-electron chi connectivity index (χ1n) is 6.69. The Hall–Kier alpha value is -1.22. The summed E-state index contributed by atoms with van der Waals surface area (Å²) in [4.78, 5) is 0. The molecular weight excluding hydrogens is 226 g/mol. The topological polar surface area (TPSA) is 30.5 Å². The summed E-state index contributed by atoms with van der Waals surface area (Å²) in [7, 11) is 3.45. The summed E-state index contributed by atoms with van der Waals surface area (Å²) < 4.78 is 10.9. The second-order valence-electron chi connectivity index (χ2n) is 4.98. The van der Waals surface area contributed by atoms with Gasteiger partial charge in [0.2, 0.25) is 0 Å². The molecule has 0 bridgehead atoms. The molecule has 1 atom stereocenters. The van der Waals surface area contributed by atoms with E-state index in [1.54, 1.807) is 14.2 Å². The van der Waals surface area contributed by atoms with Gasteiger partial charge in [0, 0.05) is 6.04 Å². The van der Waals surface area contributed by atoms with Crippen molar-refractivity contribution in [2.75, 3.05) is 20.8 Å². The van der Waals surface area contributed by atoms with E-state index in [1.165, 1.54) is 24.8 Å². The highest BCUT2D eigenvalue weighted by Gasteiger charge is 2.16. The zero-order valence-electron chi connectivity index (χ0n) is 11.6. The number of ether oxygens (including phenoxy) is 2. The largest absolute Gasteiger partial charge is 0.496 e. The molecule has 0 spiro atoms. The van der Waals surface area contributed by atoms with Gasteiger partial charge in [0.15, 0.2) is 0 Å². The molecule has 1 unspecified atom stereocenters. The molecule has 0 aromatic heterocycles.